The van der Waals surface area contributed by atoms with Gasteiger partial charge in [-0.05, 0) is 29.2 Å². The lowest BCUT2D eigenvalue weighted by Gasteiger charge is -2.26. The van der Waals surface area contributed by atoms with E-state index in [2.05, 4.69) is 29.3 Å². The van der Waals surface area contributed by atoms with Crippen LogP contribution in [0.2, 0.25) is 0 Å². The minimum absolute atomic E-state index is 0.0105. The monoisotopic (exact) mass is 476 g/mol. The summed E-state index contributed by atoms with van der Waals surface area (Å²) in [6.45, 7) is 2.29. The molecule has 182 valence electrons. The Bertz CT molecular complexity index is 1120. The van der Waals surface area contributed by atoms with Crippen molar-refractivity contribution in [3.05, 3.63) is 59.7 Å². The van der Waals surface area contributed by atoms with Gasteiger partial charge in [0.15, 0.2) is 0 Å². The Morgan fingerprint density at radius 1 is 1.14 bits per heavy atom. The van der Waals surface area contributed by atoms with Crippen LogP contribution in [-0.2, 0) is 19.1 Å². The quantitative estimate of drug-likeness (QED) is 0.622. The molecule has 2 aromatic rings. The molecule has 1 heterocycles. The van der Waals surface area contributed by atoms with E-state index in [0.717, 1.165) is 22.3 Å². The van der Waals surface area contributed by atoms with Crippen LogP contribution in [-0.4, -0.2) is 66.9 Å². The van der Waals surface area contributed by atoms with Crippen LogP contribution < -0.4 is 5.32 Å². The number of amides is 2. The standard InChI is InChI=1S/C27H28N2O6/c1-2-3-12-24(25(30)29-13-14-34-16-18(15-29)26(31)32)28-27(33)35-17-23-21-10-6-4-8-19(21)20-9-5-7-11-22(20)23/h4-11,18,23-24H,12-17H2,1H3,(H,28,33)(H,31,32). The maximum Gasteiger partial charge on any atom is 0.407 e. The predicted molar refractivity (Wildman–Crippen MR) is 129 cm³/mol. The number of hydrogen-bond donors (Lipinski definition) is 2. The Kier molecular flexibility index (Phi) is 7.68. The summed E-state index contributed by atoms with van der Waals surface area (Å²) in [5, 5.41) is 12.0. The lowest BCUT2D eigenvalue weighted by atomic mass is 9.98. The molecule has 1 saturated heterocycles. The average molecular weight is 477 g/mol. The summed E-state index contributed by atoms with van der Waals surface area (Å²) in [6, 6.07) is 15.1. The zero-order valence-corrected chi connectivity index (χ0v) is 19.5. The highest BCUT2D eigenvalue weighted by Crippen LogP contribution is 2.44. The van der Waals surface area contributed by atoms with Crippen molar-refractivity contribution in [3.63, 3.8) is 0 Å². The van der Waals surface area contributed by atoms with E-state index < -0.39 is 29.9 Å². The van der Waals surface area contributed by atoms with Crippen molar-refractivity contribution in [2.24, 2.45) is 5.92 Å². The number of fused-ring (bicyclic) bond motifs is 3. The van der Waals surface area contributed by atoms with Gasteiger partial charge in [-0.2, -0.15) is 0 Å². The molecule has 2 amide bonds. The number of rotatable bonds is 6. The van der Waals surface area contributed by atoms with Gasteiger partial charge in [-0.3, -0.25) is 9.59 Å². The predicted octanol–water partition coefficient (Wildman–Crippen LogP) is 2.87. The topological polar surface area (TPSA) is 105 Å². The lowest BCUT2D eigenvalue weighted by molar-refractivity contribution is -0.144. The molecule has 2 aromatic carbocycles. The van der Waals surface area contributed by atoms with Crippen molar-refractivity contribution < 1.29 is 29.0 Å². The number of carboxylic acid groups (broad SMARTS) is 1. The summed E-state index contributed by atoms with van der Waals surface area (Å²) in [6.07, 6.45) is -0.627. The van der Waals surface area contributed by atoms with Crippen molar-refractivity contribution in [1.29, 1.82) is 0 Å². The van der Waals surface area contributed by atoms with Crippen LogP contribution in [0.3, 0.4) is 0 Å². The number of nitrogens with one attached hydrogen (secondary N) is 1. The molecule has 8 nitrogen and oxygen atoms in total. The van der Waals surface area contributed by atoms with E-state index in [-0.39, 0.29) is 45.2 Å². The molecule has 1 aliphatic carbocycles. The molecule has 2 atom stereocenters. The molecule has 0 saturated carbocycles. The first-order valence-electron chi connectivity index (χ1n) is 11.6. The van der Waals surface area contributed by atoms with Gasteiger partial charge in [0.05, 0.1) is 19.1 Å². The zero-order chi connectivity index (χ0) is 24.8. The van der Waals surface area contributed by atoms with Gasteiger partial charge in [-0.25, -0.2) is 4.79 Å². The fourth-order valence-corrected chi connectivity index (χ4v) is 4.57. The highest BCUT2D eigenvalue weighted by atomic mass is 16.5. The molecule has 0 aromatic heterocycles. The van der Waals surface area contributed by atoms with Crippen LogP contribution in [0.4, 0.5) is 4.79 Å². The first-order chi connectivity index (χ1) is 17.0. The fraction of sp³-hybridized carbons (Fsp3) is 0.370. The second kappa shape index (κ2) is 11.1. The largest absolute Gasteiger partial charge is 0.481 e. The SMILES string of the molecule is CC#CCC(NC(=O)OCC1c2ccccc2-c2ccccc21)C(=O)N1CCOCC(C(=O)O)C1. The van der Waals surface area contributed by atoms with E-state index in [1.807, 2.05) is 36.4 Å². The van der Waals surface area contributed by atoms with Gasteiger partial charge in [-0.15, -0.1) is 11.8 Å². The molecule has 4 rings (SSSR count). The average Bonchev–Trinajstić information content (AvgIpc) is 3.00. The number of nitrogens with zero attached hydrogens (tertiary/aromatic N) is 1. The van der Waals surface area contributed by atoms with E-state index in [0.29, 0.717) is 0 Å². The molecule has 0 radical (unpaired) electrons. The van der Waals surface area contributed by atoms with E-state index in [9.17, 15) is 19.5 Å². The van der Waals surface area contributed by atoms with Crippen LogP contribution in [0.25, 0.3) is 11.1 Å². The van der Waals surface area contributed by atoms with Crippen LogP contribution in [0.15, 0.2) is 48.5 Å². The van der Waals surface area contributed by atoms with Gasteiger partial charge < -0.3 is 24.8 Å². The summed E-state index contributed by atoms with van der Waals surface area (Å²) in [5.74, 6) is 3.21. The molecule has 0 spiro atoms. The fourth-order valence-electron chi connectivity index (χ4n) is 4.57. The first kappa shape index (κ1) is 24.3. The second-order valence-electron chi connectivity index (χ2n) is 8.55. The van der Waals surface area contributed by atoms with Crippen molar-refractivity contribution in [2.75, 3.05) is 32.9 Å². The van der Waals surface area contributed by atoms with Gasteiger partial charge in [0.1, 0.15) is 12.6 Å². The minimum atomic E-state index is -1.03. The normalized spacial score (nSPS) is 17.7. The molecule has 2 aliphatic rings. The molecular weight excluding hydrogens is 448 g/mol. The second-order valence-corrected chi connectivity index (χ2v) is 8.55. The van der Waals surface area contributed by atoms with Gasteiger partial charge in [-0.1, -0.05) is 48.5 Å². The number of carbonyl (C=O) groups is 3. The summed E-state index contributed by atoms with van der Waals surface area (Å²) in [4.78, 5) is 38.8. The Morgan fingerprint density at radius 3 is 2.43 bits per heavy atom. The van der Waals surface area contributed by atoms with Crippen molar-refractivity contribution in [2.45, 2.75) is 25.3 Å². The third kappa shape index (κ3) is 5.47. The molecule has 0 bridgehead atoms. The molecule has 1 aliphatic heterocycles. The number of carboxylic acids is 1. The first-order valence-corrected chi connectivity index (χ1v) is 11.6. The third-order valence-corrected chi connectivity index (χ3v) is 6.34. The minimum Gasteiger partial charge on any atom is -0.481 e. The Hall–Kier alpha value is -3.83. The van der Waals surface area contributed by atoms with Gasteiger partial charge >= 0.3 is 12.1 Å². The Morgan fingerprint density at radius 2 is 1.80 bits per heavy atom. The van der Waals surface area contributed by atoms with Gasteiger partial charge in [0.25, 0.3) is 0 Å². The van der Waals surface area contributed by atoms with Crippen molar-refractivity contribution in [3.8, 4) is 23.0 Å². The van der Waals surface area contributed by atoms with E-state index >= 15 is 0 Å². The molecule has 35 heavy (non-hydrogen) atoms. The van der Waals surface area contributed by atoms with E-state index in [1.54, 1.807) is 6.92 Å². The zero-order valence-electron chi connectivity index (χ0n) is 19.5. The summed E-state index contributed by atoms with van der Waals surface area (Å²) < 4.78 is 10.9. The number of hydrogen-bond acceptors (Lipinski definition) is 5. The van der Waals surface area contributed by atoms with Crippen LogP contribution >= 0.6 is 0 Å². The number of carbonyl (C=O) groups excluding carboxylic acids is 2. The van der Waals surface area contributed by atoms with Crippen molar-refractivity contribution in [1.82, 2.24) is 10.2 Å². The summed E-state index contributed by atoms with van der Waals surface area (Å²) in [7, 11) is 0. The number of ether oxygens (including phenoxy) is 2. The third-order valence-electron chi connectivity index (χ3n) is 6.34. The van der Waals surface area contributed by atoms with Gasteiger partial charge in [0, 0.05) is 25.4 Å². The molecule has 1 fully saturated rings. The van der Waals surface area contributed by atoms with Crippen LogP contribution in [0.5, 0.6) is 0 Å². The van der Waals surface area contributed by atoms with Crippen LogP contribution in [0.1, 0.15) is 30.4 Å². The number of benzene rings is 2. The highest BCUT2D eigenvalue weighted by molar-refractivity contribution is 5.86. The molecule has 2 unspecified atom stereocenters. The van der Waals surface area contributed by atoms with Gasteiger partial charge in [0.2, 0.25) is 5.91 Å². The Labute approximate surface area is 204 Å². The molecule has 2 N–H and O–H groups in total. The summed E-state index contributed by atoms with van der Waals surface area (Å²) in [5.41, 5.74) is 4.44. The number of alkyl carbamates (subject to hydrolysis) is 1. The molecular formula is C27H28N2O6. The maximum atomic E-state index is 13.2. The van der Waals surface area contributed by atoms with Crippen molar-refractivity contribution >= 4 is 18.0 Å². The lowest BCUT2D eigenvalue weighted by Crippen LogP contribution is -2.50. The maximum absolute atomic E-state index is 13.2. The summed E-state index contributed by atoms with van der Waals surface area (Å²) >= 11 is 0. The van der Waals surface area contributed by atoms with E-state index in [4.69, 9.17) is 9.47 Å². The van der Waals surface area contributed by atoms with Crippen LogP contribution in [0, 0.1) is 17.8 Å². The highest BCUT2D eigenvalue weighted by Gasteiger charge is 2.33. The number of aliphatic carboxylic acids is 1. The molecule has 8 heteroatoms. The Balaban J connectivity index is 1.43. The smallest absolute Gasteiger partial charge is 0.407 e. The van der Waals surface area contributed by atoms with E-state index in [1.165, 1.54) is 4.90 Å².